The molecule has 0 aliphatic carbocycles. The van der Waals surface area contributed by atoms with Crippen molar-refractivity contribution < 1.29 is 0 Å². The summed E-state index contributed by atoms with van der Waals surface area (Å²) in [6.45, 7) is -0.112. The van der Waals surface area contributed by atoms with Crippen LogP contribution in [0.1, 0.15) is 0 Å². The first-order valence-corrected chi connectivity index (χ1v) is 23.8. The molecule has 7 heteroatoms. The summed E-state index contributed by atoms with van der Waals surface area (Å²) in [6.07, 6.45) is 5.85. The quantitative estimate of drug-likeness (QED) is 0.202. The Kier molecular flexibility index (Phi) is 8.09. The molecule has 3 aliphatic rings. The number of nitrogens with zero attached hydrogens (tertiary/aromatic N) is 4. The van der Waals surface area contributed by atoms with E-state index in [0.29, 0.717) is 0 Å². The van der Waals surface area contributed by atoms with Crippen LogP contribution in [0.5, 0.6) is 0 Å². The summed E-state index contributed by atoms with van der Waals surface area (Å²) in [7, 11) is -3.10. The van der Waals surface area contributed by atoms with E-state index < -0.39 is 8.07 Å². The molecule has 5 heterocycles. The monoisotopic (exact) mass is 816 g/mol. The lowest BCUT2D eigenvalue weighted by Gasteiger charge is -2.50. The average molecular weight is 817 g/mol. The lowest BCUT2D eigenvalue weighted by atomic mass is 9.30. The van der Waals surface area contributed by atoms with Crippen molar-refractivity contribution in [2.24, 2.45) is 0 Å². The molecule has 0 amide bonds. The van der Waals surface area contributed by atoms with Gasteiger partial charge in [0.25, 0.3) is 0 Å². The van der Waals surface area contributed by atoms with E-state index in [4.69, 9.17) is 9.97 Å². The van der Waals surface area contributed by atoms with E-state index in [9.17, 15) is 0 Å². The van der Waals surface area contributed by atoms with Gasteiger partial charge in [-0.2, -0.15) is 0 Å². The van der Waals surface area contributed by atoms with Gasteiger partial charge in [-0.1, -0.05) is 181 Å². The van der Waals surface area contributed by atoms with Gasteiger partial charge in [-0.05, 0) is 85.1 Å². The lowest BCUT2D eigenvalue weighted by molar-refractivity contribution is 1.23. The van der Waals surface area contributed by atoms with Crippen molar-refractivity contribution in [3.05, 3.63) is 231 Å². The van der Waals surface area contributed by atoms with E-state index in [0.717, 1.165) is 28.0 Å². The molecule has 0 unspecified atom stereocenters. The molecule has 0 fully saturated rings. The highest BCUT2D eigenvalue weighted by Gasteiger charge is 2.55. The van der Waals surface area contributed by atoms with Gasteiger partial charge in [0.05, 0.1) is 23.1 Å². The van der Waals surface area contributed by atoms with Gasteiger partial charge < -0.3 is 9.80 Å². The minimum absolute atomic E-state index is 0.0186. The zero-order chi connectivity index (χ0) is 41.5. The first-order valence-electron chi connectivity index (χ1n) is 21.8. The van der Waals surface area contributed by atoms with Gasteiger partial charge in [0.1, 0.15) is 0 Å². The highest BCUT2D eigenvalue weighted by molar-refractivity contribution is 7.27. The molecule has 63 heavy (non-hydrogen) atoms. The van der Waals surface area contributed by atoms with Crippen molar-refractivity contribution in [1.29, 1.82) is 0 Å². The summed E-state index contributed by atoms with van der Waals surface area (Å²) >= 11 is 0. The van der Waals surface area contributed by atoms with E-state index in [1.165, 1.54) is 70.6 Å². The fraction of sp³-hybridized carbons (Fsp3) is 0. The largest absolute Gasteiger partial charge is 0.310 e. The molecule has 0 atom stereocenters. The maximum Gasteiger partial charge on any atom is 0.249 e. The van der Waals surface area contributed by atoms with Crippen LogP contribution in [0.25, 0.3) is 10.9 Å². The standard InChI is InChI=1S/C56H38B2N4Si/c1-4-21-40(22-5-1)57-44-28-10-14-32-48(44)62(49-33-16-19-39-20-17-36-60-55(39)49)50-37-52-54-56(53(50)57)61(41-23-18-35-59-38-41)47-31-13-11-29-45(47)58(54)46-30-12-15-34-51(46)63(52,42-24-6-2-7-25-42)43-26-8-3-9-27-43/h1-38H. The summed E-state index contributed by atoms with van der Waals surface area (Å²) in [5.41, 5.74) is 15.7. The SMILES string of the molecule is c1ccc(B2c3ccccc3N(c3cccc4cccnc34)c3cc4c5c(c32)N(c2cccnc2)c2ccccc2B5c2ccccc2[Si]4(c2ccccc2)c2ccccc2)cc1. The first kappa shape index (κ1) is 36.0. The molecule has 8 aromatic carbocycles. The Morgan fingerprint density at radius 1 is 0.413 bits per heavy atom. The molecule has 0 radical (unpaired) electrons. The topological polar surface area (TPSA) is 32.3 Å². The summed E-state index contributed by atoms with van der Waals surface area (Å²) in [5.74, 6) is 0. The predicted molar refractivity (Wildman–Crippen MR) is 268 cm³/mol. The van der Waals surface area contributed by atoms with Gasteiger partial charge in [0.2, 0.25) is 13.4 Å². The Hall–Kier alpha value is -7.73. The highest BCUT2D eigenvalue weighted by Crippen LogP contribution is 2.44. The van der Waals surface area contributed by atoms with Gasteiger partial charge in [0.15, 0.2) is 8.07 Å². The zero-order valence-electron chi connectivity index (χ0n) is 34.4. The number of para-hydroxylation sites is 3. The molecule has 0 saturated heterocycles. The molecule has 0 N–H and O–H groups in total. The third-order valence-electron chi connectivity index (χ3n) is 13.8. The number of hydrogen-bond acceptors (Lipinski definition) is 4. The summed E-state index contributed by atoms with van der Waals surface area (Å²) < 4.78 is 0. The highest BCUT2D eigenvalue weighted by atomic mass is 28.3. The fourth-order valence-electron chi connectivity index (χ4n) is 11.4. The second-order valence-corrected chi connectivity index (χ2v) is 20.5. The number of benzene rings is 8. The van der Waals surface area contributed by atoms with E-state index in [1.807, 2.05) is 24.7 Å². The van der Waals surface area contributed by atoms with Crippen LogP contribution in [0.4, 0.5) is 34.1 Å². The number of pyridine rings is 2. The molecule has 4 nitrogen and oxygen atoms in total. The zero-order valence-corrected chi connectivity index (χ0v) is 35.4. The first-order chi connectivity index (χ1) is 31.3. The molecule has 292 valence electrons. The Morgan fingerprint density at radius 3 is 1.71 bits per heavy atom. The molecule has 0 saturated carbocycles. The van der Waals surface area contributed by atoms with Crippen molar-refractivity contribution >= 4 is 120 Å². The molecule has 3 aliphatic heterocycles. The van der Waals surface area contributed by atoms with Crippen molar-refractivity contribution in [2.45, 2.75) is 0 Å². The van der Waals surface area contributed by atoms with Crippen LogP contribution in [0.3, 0.4) is 0 Å². The van der Waals surface area contributed by atoms with Crippen LogP contribution >= 0.6 is 0 Å². The number of rotatable bonds is 5. The normalized spacial score (nSPS) is 14.0. The van der Waals surface area contributed by atoms with Crippen molar-refractivity contribution in [3.8, 4) is 0 Å². The minimum atomic E-state index is -3.10. The smallest absolute Gasteiger partial charge is 0.249 e. The van der Waals surface area contributed by atoms with Gasteiger partial charge in [-0.15, -0.1) is 0 Å². The number of aromatic nitrogens is 2. The third-order valence-corrected chi connectivity index (χ3v) is 18.6. The molecule has 0 spiro atoms. The number of fused-ring (bicyclic) bond motifs is 8. The summed E-state index contributed by atoms with van der Waals surface area (Å²) in [4.78, 5) is 15.0. The van der Waals surface area contributed by atoms with Gasteiger partial charge in [0, 0.05) is 40.5 Å². The predicted octanol–water partition coefficient (Wildman–Crippen LogP) is 5.92. The van der Waals surface area contributed by atoms with Gasteiger partial charge in [-0.3, -0.25) is 9.97 Å². The second kappa shape index (κ2) is 14.2. The second-order valence-electron chi connectivity index (χ2n) is 16.8. The molecule has 0 bridgehead atoms. The molecular weight excluding hydrogens is 778 g/mol. The maximum atomic E-state index is 5.13. The summed E-state index contributed by atoms with van der Waals surface area (Å²) in [6, 6.07) is 79.3. The third kappa shape index (κ3) is 5.11. The molecule has 10 aromatic rings. The van der Waals surface area contributed by atoms with Crippen LogP contribution in [0.2, 0.25) is 0 Å². The van der Waals surface area contributed by atoms with E-state index >= 15 is 0 Å². The Morgan fingerprint density at radius 2 is 1.00 bits per heavy atom. The van der Waals surface area contributed by atoms with Crippen molar-refractivity contribution in [1.82, 2.24) is 9.97 Å². The van der Waals surface area contributed by atoms with E-state index in [-0.39, 0.29) is 13.4 Å². The Bertz CT molecular complexity index is 3340. The maximum absolute atomic E-state index is 5.13. The van der Waals surface area contributed by atoms with E-state index in [2.05, 4.69) is 216 Å². The molecule has 13 rings (SSSR count). The average Bonchev–Trinajstić information content (AvgIpc) is 3.36. The van der Waals surface area contributed by atoms with Crippen molar-refractivity contribution in [3.63, 3.8) is 0 Å². The number of anilines is 6. The van der Waals surface area contributed by atoms with Crippen LogP contribution in [0, 0.1) is 0 Å². The number of hydrogen-bond donors (Lipinski definition) is 0. The van der Waals surface area contributed by atoms with Gasteiger partial charge >= 0.3 is 0 Å². The fourth-order valence-corrected chi connectivity index (χ4v) is 16.7. The Balaban J connectivity index is 1.30. The Labute approximate surface area is 369 Å². The minimum Gasteiger partial charge on any atom is -0.310 e. The summed E-state index contributed by atoms with van der Waals surface area (Å²) in [5, 5.41) is 6.68. The van der Waals surface area contributed by atoms with Crippen LogP contribution < -0.4 is 63.3 Å². The van der Waals surface area contributed by atoms with Gasteiger partial charge in [-0.25, -0.2) is 0 Å². The van der Waals surface area contributed by atoms with E-state index in [1.54, 1.807) is 0 Å². The van der Waals surface area contributed by atoms with Crippen molar-refractivity contribution in [2.75, 3.05) is 9.80 Å². The van der Waals surface area contributed by atoms with Crippen LogP contribution in [-0.4, -0.2) is 31.5 Å². The molecule has 2 aromatic heterocycles. The molecular formula is C56H38B2N4Si. The van der Waals surface area contributed by atoms with Crippen LogP contribution in [0.15, 0.2) is 231 Å². The van der Waals surface area contributed by atoms with Crippen LogP contribution in [-0.2, 0) is 0 Å². The lowest BCUT2D eigenvalue weighted by Crippen LogP contribution is -2.88.